The average Bonchev–Trinajstić information content (AvgIpc) is 3.32. The van der Waals surface area contributed by atoms with Crippen LogP contribution < -0.4 is 5.32 Å². The van der Waals surface area contributed by atoms with Gasteiger partial charge in [0.1, 0.15) is 17.3 Å². The van der Waals surface area contributed by atoms with E-state index in [1.165, 1.54) is 11.3 Å². The summed E-state index contributed by atoms with van der Waals surface area (Å²) in [5, 5.41) is 3.07. The number of alkyl halides is 4. The van der Waals surface area contributed by atoms with Gasteiger partial charge in [-0.15, -0.1) is 11.3 Å². The van der Waals surface area contributed by atoms with Crippen molar-refractivity contribution in [1.82, 2.24) is 19.8 Å². The summed E-state index contributed by atoms with van der Waals surface area (Å²) < 4.78 is 84.5. The van der Waals surface area contributed by atoms with Crippen molar-refractivity contribution >= 4 is 27.4 Å². The zero-order valence-corrected chi connectivity index (χ0v) is 19.7. The van der Waals surface area contributed by atoms with E-state index in [1.807, 2.05) is 4.90 Å². The number of thiazole rings is 1. The van der Waals surface area contributed by atoms with Crippen LogP contribution in [-0.4, -0.2) is 70.9 Å². The minimum absolute atomic E-state index is 0.0384. The number of halogens is 6. The number of rotatable bonds is 7. The van der Waals surface area contributed by atoms with Gasteiger partial charge >= 0.3 is 6.18 Å². The summed E-state index contributed by atoms with van der Waals surface area (Å²) in [6, 6.07) is 0.361. The summed E-state index contributed by atoms with van der Waals surface area (Å²) in [4.78, 5) is 10.4. The van der Waals surface area contributed by atoms with Crippen molar-refractivity contribution in [2.45, 2.75) is 44.1 Å². The Balaban J connectivity index is 1.47. The predicted molar refractivity (Wildman–Crippen MR) is 123 cm³/mol. The highest BCUT2D eigenvalue weighted by molar-refractivity contribution is 7.16. The number of anilines is 1. The van der Waals surface area contributed by atoms with Crippen LogP contribution in [0.15, 0.2) is 17.6 Å². The van der Waals surface area contributed by atoms with Crippen molar-refractivity contribution in [2.24, 2.45) is 0 Å². The van der Waals surface area contributed by atoms with Crippen LogP contribution in [0.5, 0.6) is 0 Å². The van der Waals surface area contributed by atoms with Gasteiger partial charge in [-0.2, -0.15) is 13.2 Å². The van der Waals surface area contributed by atoms with E-state index in [0.717, 1.165) is 27.3 Å². The van der Waals surface area contributed by atoms with Crippen molar-refractivity contribution in [3.63, 3.8) is 0 Å². The second kappa shape index (κ2) is 9.29. The van der Waals surface area contributed by atoms with Gasteiger partial charge in [0, 0.05) is 42.6 Å². The van der Waals surface area contributed by atoms with Gasteiger partial charge in [0.05, 0.1) is 35.5 Å². The van der Waals surface area contributed by atoms with Crippen LogP contribution in [0.3, 0.4) is 0 Å². The van der Waals surface area contributed by atoms with Crippen LogP contribution in [0.2, 0.25) is 0 Å². The summed E-state index contributed by atoms with van der Waals surface area (Å²) in [6.07, 6.45) is -3.79. The fourth-order valence-corrected chi connectivity index (χ4v) is 6.01. The topological polar surface area (TPSA) is 47.2 Å². The fourth-order valence-electron chi connectivity index (χ4n) is 5.20. The molecule has 5 rings (SSSR count). The lowest BCUT2D eigenvalue weighted by Gasteiger charge is -2.41. The number of hydrogen-bond donors (Lipinski definition) is 2. The van der Waals surface area contributed by atoms with E-state index in [9.17, 15) is 17.6 Å². The highest BCUT2D eigenvalue weighted by Gasteiger charge is 2.44. The second-order valence-corrected chi connectivity index (χ2v) is 10.1. The minimum atomic E-state index is -4.54. The van der Waals surface area contributed by atoms with Gasteiger partial charge in [0.25, 0.3) is 0 Å². The maximum atomic E-state index is 15.5. The number of nitrogens with zero attached hydrogens (tertiary/aromatic N) is 3. The van der Waals surface area contributed by atoms with Crippen LogP contribution in [-0.2, 0) is 6.42 Å². The molecule has 1 fully saturated rings. The van der Waals surface area contributed by atoms with Gasteiger partial charge in [0.15, 0.2) is 0 Å². The molecule has 0 spiro atoms. The Kier molecular flexibility index (Phi) is 6.47. The molecule has 4 heterocycles. The SMILES string of the molecule is CC1Cc2c([nH]c3ncsc23)C(c2c(F)cc(NC3CN(CCCF)C3)cc2F)N1CC(F)(F)F. The third kappa shape index (κ3) is 4.75. The molecule has 5 nitrogen and oxygen atoms in total. The van der Waals surface area contributed by atoms with E-state index in [1.54, 1.807) is 12.4 Å². The summed E-state index contributed by atoms with van der Waals surface area (Å²) in [7, 11) is 0. The second-order valence-electron chi connectivity index (χ2n) is 9.29. The summed E-state index contributed by atoms with van der Waals surface area (Å²) in [6.45, 7) is 1.82. The molecule has 190 valence electrons. The molecule has 1 aromatic carbocycles. The first-order chi connectivity index (χ1) is 16.6. The van der Waals surface area contributed by atoms with Gasteiger partial charge in [-0.05, 0) is 37.5 Å². The third-order valence-corrected chi connectivity index (χ3v) is 7.63. The Morgan fingerprint density at radius 2 is 1.91 bits per heavy atom. The van der Waals surface area contributed by atoms with Crippen LogP contribution in [0, 0.1) is 11.6 Å². The molecule has 1 saturated heterocycles. The normalized spacial score (nSPS) is 21.9. The smallest absolute Gasteiger partial charge is 0.380 e. The number of fused-ring (bicyclic) bond motifs is 3. The molecule has 0 bridgehead atoms. The van der Waals surface area contributed by atoms with Gasteiger partial charge < -0.3 is 10.3 Å². The van der Waals surface area contributed by atoms with Crippen molar-refractivity contribution in [1.29, 1.82) is 0 Å². The van der Waals surface area contributed by atoms with Crippen LogP contribution >= 0.6 is 11.3 Å². The predicted octanol–water partition coefficient (Wildman–Crippen LogP) is 5.26. The molecular weight excluding hydrogens is 492 g/mol. The lowest BCUT2D eigenvalue weighted by Crippen LogP contribution is -2.54. The number of H-pyrrole nitrogens is 1. The van der Waals surface area contributed by atoms with Gasteiger partial charge in [0.2, 0.25) is 0 Å². The maximum absolute atomic E-state index is 15.5. The number of aromatic nitrogens is 2. The Bertz CT molecular complexity index is 1180. The maximum Gasteiger partial charge on any atom is 0.401 e. The van der Waals surface area contributed by atoms with Crippen molar-refractivity contribution in [3.05, 3.63) is 46.1 Å². The summed E-state index contributed by atoms with van der Waals surface area (Å²) in [5.74, 6) is -1.83. The van der Waals surface area contributed by atoms with Gasteiger partial charge in [-0.25, -0.2) is 13.8 Å². The number of nitrogens with one attached hydrogen (secondary N) is 2. The Morgan fingerprint density at radius 1 is 1.20 bits per heavy atom. The van der Waals surface area contributed by atoms with Gasteiger partial charge in [-0.3, -0.25) is 14.2 Å². The molecule has 2 N–H and O–H groups in total. The van der Waals surface area contributed by atoms with Crippen molar-refractivity contribution in [2.75, 3.05) is 38.2 Å². The molecule has 2 aromatic heterocycles. The number of hydrogen-bond acceptors (Lipinski definition) is 5. The van der Waals surface area contributed by atoms with Crippen LogP contribution in [0.1, 0.15) is 36.2 Å². The molecule has 0 amide bonds. The zero-order valence-electron chi connectivity index (χ0n) is 18.9. The monoisotopic (exact) mass is 517 g/mol. The van der Waals surface area contributed by atoms with E-state index in [2.05, 4.69) is 15.3 Å². The first-order valence-electron chi connectivity index (χ1n) is 11.4. The first kappa shape index (κ1) is 24.4. The van der Waals surface area contributed by atoms with E-state index >= 15 is 8.78 Å². The number of likely N-dealkylation sites (tertiary alicyclic amines) is 1. The van der Waals surface area contributed by atoms with Crippen molar-refractivity contribution in [3.8, 4) is 0 Å². The molecule has 2 aliphatic rings. The Hall–Kier alpha value is -2.31. The van der Waals surface area contributed by atoms with E-state index < -0.39 is 48.7 Å². The van der Waals surface area contributed by atoms with E-state index in [-0.39, 0.29) is 11.7 Å². The number of aromatic amines is 1. The third-order valence-electron chi connectivity index (χ3n) is 6.74. The Labute approximate surface area is 202 Å². The fraction of sp³-hybridized carbons (Fsp3) is 0.522. The number of benzene rings is 1. The molecule has 0 saturated carbocycles. The summed E-state index contributed by atoms with van der Waals surface area (Å²) in [5.41, 5.74) is 3.04. The Morgan fingerprint density at radius 3 is 2.57 bits per heavy atom. The van der Waals surface area contributed by atoms with Crippen LogP contribution in [0.25, 0.3) is 10.3 Å². The average molecular weight is 518 g/mol. The van der Waals surface area contributed by atoms with E-state index in [0.29, 0.717) is 43.8 Å². The lowest BCUT2D eigenvalue weighted by molar-refractivity contribution is -0.155. The molecule has 35 heavy (non-hydrogen) atoms. The molecule has 2 atom stereocenters. The highest BCUT2D eigenvalue weighted by Crippen LogP contribution is 2.44. The minimum Gasteiger partial charge on any atom is -0.380 e. The highest BCUT2D eigenvalue weighted by atomic mass is 32.1. The van der Waals surface area contributed by atoms with E-state index in [4.69, 9.17) is 0 Å². The molecule has 3 aromatic rings. The molecule has 0 aliphatic carbocycles. The van der Waals surface area contributed by atoms with Gasteiger partial charge in [-0.1, -0.05) is 0 Å². The molecule has 2 unspecified atom stereocenters. The standard InChI is InChI=1S/C23H25F6N5S/c1-12-5-15-19(32-22-21(15)35-11-30-22)20(34(12)10-23(27,28)29)18-16(25)6-13(7-17(18)26)31-14-8-33(9-14)4-2-3-24/h6-7,11-12,14,20,31-32H,2-5,8-10H2,1H3. The largest absolute Gasteiger partial charge is 0.401 e. The molecular formula is C23H25F6N5S. The molecule has 0 radical (unpaired) electrons. The molecule has 2 aliphatic heterocycles. The summed E-state index contributed by atoms with van der Waals surface area (Å²) >= 11 is 1.35. The zero-order chi connectivity index (χ0) is 24.9. The van der Waals surface area contributed by atoms with Crippen LogP contribution in [0.4, 0.5) is 32.0 Å². The lowest BCUT2D eigenvalue weighted by atomic mass is 9.89. The quantitative estimate of drug-likeness (QED) is 0.420. The van der Waals surface area contributed by atoms with Crippen molar-refractivity contribution < 1.29 is 26.3 Å². The molecule has 12 heteroatoms. The first-order valence-corrected chi connectivity index (χ1v) is 12.3.